The number of aryl methyl sites for hydroxylation is 1. The largest absolute Gasteiger partial charge is 0.398 e. The van der Waals surface area contributed by atoms with Gasteiger partial charge in [0.25, 0.3) is 0 Å². The molecule has 3 aromatic heterocycles. The highest BCUT2D eigenvalue weighted by molar-refractivity contribution is 5.95. The van der Waals surface area contributed by atoms with E-state index in [4.69, 9.17) is 5.73 Å². The zero-order valence-corrected chi connectivity index (χ0v) is 12.7. The number of benzene rings is 1. The van der Waals surface area contributed by atoms with Crippen molar-refractivity contribution in [3.8, 4) is 22.3 Å². The number of nitrogens with zero attached hydrogens (tertiary/aromatic N) is 2. The number of pyridine rings is 2. The van der Waals surface area contributed by atoms with Crippen LogP contribution in [-0.4, -0.2) is 15.0 Å². The molecule has 0 radical (unpaired) electrons. The fourth-order valence-electron chi connectivity index (χ4n) is 2.75. The minimum Gasteiger partial charge on any atom is -0.398 e. The van der Waals surface area contributed by atoms with Gasteiger partial charge in [0.2, 0.25) is 0 Å². The maximum atomic E-state index is 6.04. The van der Waals surface area contributed by atoms with Crippen molar-refractivity contribution < 1.29 is 0 Å². The molecule has 0 amide bonds. The van der Waals surface area contributed by atoms with E-state index >= 15 is 0 Å². The molecule has 0 unspecified atom stereocenters. The summed E-state index contributed by atoms with van der Waals surface area (Å²) < 4.78 is 0. The zero-order valence-electron chi connectivity index (χ0n) is 12.7. The van der Waals surface area contributed by atoms with Crippen LogP contribution in [0.25, 0.3) is 33.3 Å². The number of nitrogen functional groups attached to an aromatic ring is 1. The number of anilines is 1. The van der Waals surface area contributed by atoms with Crippen molar-refractivity contribution in [2.45, 2.75) is 6.92 Å². The van der Waals surface area contributed by atoms with Crippen molar-refractivity contribution in [1.29, 1.82) is 0 Å². The van der Waals surface area contributed by atoms with Gasteiger partial charge in [0.05, 0.1) is 0 Å². The fourth-order valence-corrected chi connectivity index (χ4v) is 2.75. The van der Waals surface area contributed by atoms with E-state index in [1.54, 1.807) is 12.4 Å². The quantitative estimate of drug-likeness (QED) is 0.546. The van der Waals surface area contributed by atoms with Gasteiger partial charge in [0, 0.05) is 47.0 Å². The molecule has 0 saturated heterocycles. The molecule has 0 saturated carbocycles. The fraction of sp³-hybridized carbons (Fsp3) is 0.0526. The normalized spacial score (nSPS) is 11.0. The molecule has 0 aliphatic heterocycles. The third-order valence-corrected chi connectivity index (χ3v) is 4.13. The van der Waals surface area contributed by atoms with Crippen molar-refractivity contribution in [3.05, 3.63) is 66.7 Å². The Balaban J connectivity index is 1.88. The van der Waals surface area contributed by atoms with Crippen LogP contribution in [0.2, 0.25) is 0 Å². The molecule has 0 aliphatic rings. The van der Waals surface area contributed by atoms with E-state index in [1.807, 2.05) is 43.6 Å². The van der Waals surface area contributed by atoms with Crippen LogP contribution < -0.4 is 5.73 Å². The van der Waals surface area contributed by atoms with Crippen molar-refractivity contribution in [3.63, 3.8) is 0 Å². The van der Waals surface area contributed by atoms with Crippen LogP contribution in [0.5, 0.6) is 0 Å². The summed E-state index contributed by atoms with van der Waals surface area (Å²) >= 11 is 0. The summed E-state index contributed by atoms with van der Waals surface area (Å²) in [4.78, 5) is 11.9. The maximum absolute atomic E-state index is 6.04. The summed E-state index contributed by atoms with van der Waals surface area (Å²) in [6.45, 7) is 2.01. The van der Waals surface area contributed by atoms with Gasteiger partial charge in [0.15, 0.2) is 0 Å². The summed E-state index contributed by atoms with van der Waals surface area (Å²) in [5, 5.41) is 1.09. The van der Waals surface area contributed by atoms with Gasteiger partial charge in [-0.25, -0.2) is 4.98 Å². The van der Waals surface area contributed by atoms with Crippen molar-refractivity contribution >= 4 is 16.7 Å². The van der Waals surface area contributed by atoms with Crippen LogP contribution in [0.15, 0.2) is 61.2 Å². The van der Waals surface area contributed by atoms with Gasteiger partial charge < -0.3 is 10.7 Å². The minimum atomic E-state index is 0.797. The molecule has 3 heterocycles. The molecule has 4 nitrogen and oxygen atoms in total. The SMILES string of the molecule is Cc1ccc(-c2cnc3[nH]cc(-c4ccncc4)c3c2)cc1N. The Morgan fingerprint density at radius 1 is 0.957 bits per heavy atom. The molecular weight excluding hydrogens is 284 g/mol. The molecule has 0 spiro atoms. The standard InChI is InChI=1S/C19H16N4/c1-12-2-3-14(9-18(12)20)15-8-16-17(11-23-19(16)22-10-15)13-4-6-21-7-5-13/h2-11H,20H2,1H3,(H,22,23). The summed E-state index contributed by atoms with van der Waals surface area (Å²) in [6, 6.07) is 12.3. The Labute approximate surface area is 134 Å². The first kappa shape index (κ1) is 13.5. The summed E-state index contributed by atoms with van der Waals surface area (Å²) in [6.07, 6.45) is 7.46. The second-order valence-electron chi connectivity index (χ2n) is 5.63. The van der Waals surface area contributed by atoms with E-state index in [-0.39, 0.29) is 0 Å². The van der Waals surface area contributed by atoms with E-state index in [0.717, 1.165) is 44.5 Å². The lowest BCUT2D eigenvalue weighted by atomic mass is 10.0. The first-order valence-corrected chi connectivity index (χ1v) is 7.46. The smallest absolute Gasteiger partial charge is 0.137 e. The highest BCUT2D eigenvalue weighted by Crippen LogP contribution is 2.31. The molecule has 112 valence electrons. The van der Waals surface area contributed by atoms with E-state index in [0.29, 0.717) is 0 Å². The van der Waals surface area contributed by atoms with Crippen LogP contribution >= 0.6 is 0 Å². The predicted molar refractivity (Wildman–Crippen MR) is 93.9 cm³/mol. The maximum Gasteiger partial charge on any atom is 0.137 e. The van der Waals surface area contributed by atoms with Crippen LogP contribution in [0, 0.1) is 6.92 Å². The van der Waals surface area contributed by atoms with Crippen LogP contribution in [-0.2, 0) is 0 Å². The van der Waals surface area contributed by atoms with Gasteiger partial charge in [-0.3, -0.25) is 4.98 Å². The number of aromatic amines is 1. The van der Waals surface area contributed by atoms with Gasteiger partial charge in [-0.2, -0.15) is 0 Å². The highest BCUT2D eigenvalue weighted by atomic mass is 14.8. The third-order valence-electron chi connectivity index (χ3n) is 4.13. The van der Waals surface area contributed by atoms with E-state index in [9.17, 15) is 0 Å². The Hall–Kier alpha value is -3.14. The lowest BCUT2D eigenvalue weighted by molar-refractivity contribution is 1.32. The van der Waals surface area contributed by atoms with Crippen molar-refractivity contribution in [2.75, 3.05) is 5.73 Å². The van der Waals surface area contributed by atoms with Gasteiger partial charge in [-0.1, -0.05) is 12.1 Å². The Bertz CT molecular complexity index is 987. The van der Waals surface area contributed by atoms with E-state index in [2.05, 4.69) is 27.1 Å². The number of H-pyrrole nitrogens is 1. The Morgan fingerprint density at radius 3 is 2.57 bits per heavy atom. The molecule has 4 aromatic rings. The van der Waals surface area contributed by atoms with Gasteiger partial charge in [0.1, 0.15) is 5.65 Å². The monoisotopic (exact) mass is 300 g/mol. The molecule has 4 rings (SSSR count). The number of rotatable bonds is 2. The van der Waals surface area contributed by atoms with Crippen LogP contribution in [0.3, 0.4) is 0 Å². The Kier molecular flexibility index (Phi) is 3.08. The van der Waals surface area contributed by atoms with Gasteiger partial charge in [-0.15, -0.1) is 0 Å². The molecule has 0 bridgehead atoms. The predicted octanol–water partition coefficient (Wildman–Crippen LogP) is 4.18. The molecule has 1 aromatic carbocycles. The number of nitrogens with two attached hydrogens (primary N) is 1. The van der Waals surface area contributed by atoms with Crippen LogP contribution in [0.4, 0.5) is 5.69 Å². The van der Waals surface area contributed by atoms with Gasteiger partial charge in [-0.05, 0) is 47.9 Å². The molecule has 0 atom stereocenters. The van der Waals surface area contributed by atoms with Crippen molar-refractivity contribution in [1.82, 2.24) is 15.0 Å². The highest BCUT2D eigenvalue weighted by Gasteiger charge is 2.09. The summed E-state index contributed by atoms with van der Waals surface area (Å²) in [5.41, 5.74) is 13.2. The summed E-state index contributed by atoms with van der Waals surface area (Å²) in [5.74, 6) is 0. The number of fused-ring (bicyclic) bond motifs is 1. The zero-order chi connectivity index (χ0) is 15.8. The molecule has 23 heavy (non-hydrogen) atoms. The number of aromatic nitrogens is 3. The average Bonchev–Trinajstić information content (AvgIpc) is 3.01. The lowest BCUT2D eigenvalue weighted by Crippen LogP contribution is -1.90. The minimum absolute atomic E-state index is 0.797. The first-order chi connectivity index (χ1) is 11.2. The molecule has 4 heteroatoms. The molecule has 3 N–H and O–H groups in total. The molecule has 0 fully saturated rings. The molecule has 0 aliphatic carbocycles. The second-order valence-corrected chi connectivity index (χ2v) is 5.63. The van der Waals surface area contributed by atoms with Crippen LogP contribution in [0.1, 0.15) is 5.56 Å². The summed E-state index contributed by atoms with van der Waals surface area (Å²) in [7, 11) is 0. The number of nitrogens with one attached hydrogen (secondary N) is 1. The second kappa shape index (κ2) is 5.25. The Morgan fingerprint density at radius 2 is 1.78 bits per heavy atom. The lowest BCUT2D eigenvalue weighted by Gasteiger charge is -2.06. The first-order valence-electron chi connectivity index (χ1n) is 7.46. The van der Waals surface area contributed by atoms with Gasteiger partial charge >= 0.3 is 0 Å². The van der Waals surface area contributed by atoms with Crippen molar-refractivity contribution in [2.24, 2.45) is 0 Å². The topological polar surface area (TPSA) is 67.6 Å². The number of hydrogen-bond acceptors (Lipinski definition) is 3. The average molecular weight is 300 g/mol. The van der Waals surface area contributed by atoms with E-state index < -0.39 is 0 Å². The van der Waals surface area contributed by atoms with E-state index in [1.165, 1.54) is 0 Å². The third kappa shape index (κ3) is 2.34. The molecular formula is C19H16N4. The number of hydrogen-bond donors (Lipinski definition) is 2.